The summed E-state index contributed by atoms with van der Waals surface area (Å²) in [6, 6.07) is 50.8. The number of rotatable bonds is 4. The highest BCUT2D eigenvalue weighted by Crippen LogP contribution is 2.39. The molecule has 0 fully saturated rings. The van der Waals surface area contributed by atoms with Crippen molar-refractivity contribution in [1.82, 2.24) is 0 Å². The zero-order valence-electron chi connectivity index (χ0n) is 23.2. The molecule has 0 radical (unpaired) electrons. The van der Waals surface area contributed by atoms with Crippen LogP contribution in [0.3, 0.4) is 0 Å². The van der Waals surface area contributed by atoms with Crippen molar-refractivity contribution in [3.63, 3.8) is 0 Å². The predicted molar refractivity (Wildman–Crippen MR) is 179 cm³/mol. The molecular weight excluding hydrogens is 526 g/mol. The standard InChI is InChI=1S/C40H25NO2/c1-2-8-26(9-3-1)31-12-6-13-33-35-24-28(19-23-37(35)42-38(31)33)25-16-20-29(21-17-25)41-36-15-7-14-32-34-22-18-27-10-4-5-11-30(27)39(34)43-40(32)36/h1-24,41H. The van der Waals surface area contributed by atoms with Gasteiger partial charge in [-0.3, -0.25) is 0 Å². The van der Waals surface area contributed by atoms with Gasteiger partial charge in [-0.15, -0.1) is 0 Å². The molecule has 3 heteroatoms. The van der Waals surface area contributed by atoms with Crippen molar-refractivity contribution in [3.8, 4) is 22.3 Å². The fourth-order valence-corrected chi connectivity index (χ4v) is 6.35. The maximum Gasteiger partial charge on any atom is 0.158 e. The van der Waals surface area contributed by atoms with Crippen molar-refractivity contribution < 1.29 is 8.83 Å². The second-order valence-corrected chi connectivity index (χ2v) is 11.0. The fraction of sp³-hybridized carbons (Fsp3) is 0. The molecule has 3 nitrogen and oxygen atoms in total. The van der Waals surface area contributed by atoms with Gasteiger partial charge in [-0.1, -0.05) is 109 Å². The Morgan fingerprint density at radius 2 is 1.12 bits per heavy atom. The highest BCUT2D eigenvalue weighted by Gasteiger charge is 2.15. The maximum absolute atomic E-state index is 6.50. The molecule has 0 saturated carbocycles. The van der Waals surface area contributed by atoms with Crippen LogP contribution in [0.4, 0.5) is 11.4 Å². The van der Waals surface area contributed by atoms with Crippen LogP contribution in [-0.2, 0) is 0 Å². The molecule has 202 valence electrons. The van der Waals surface area contributed by atoms with Gasteiger partial charge in [-0.05, 0) is 58.5 Å². The highest BCUT2D eigenvalue weighted by atomic mass is 16.3. The second kappa shape index (κ2) is 9.37. The van der Waals surface area contributed by atoms with Gasteiger partial charge >= 0.3 is 0 Å². The summed E-state index contributed by atoms with van der Waals surface area (Å²) in [4.78, 5) is 0. The van der Waals surface area contributed by atoms with Gasteiger partial charge in [-0.2, -0.15) is 0 Å². The molecule has 0 aliphatic heterocycles. The molecule has 9 aromatic rings. The Labute approximate surface area is 247 Å². The van der Waals surface area contributed by atoms with Gasteiger partial charge in [0.25, 0.3) is 0 Å². The normalized spacial score (nSPS) is 11.7. The molecule has 7 aromatic carbocycles. The van der Waals surface area contributed by atoms with E-state index in [2.05, 4.69) is 145 Å². The molecule has 0 bridgehead atoms. The minimum Gasteiger partial charge on any atom is -0.455 e. The van der Waals surface area contributed by atoms with Crippen LogP contribution in [0.1, 0.15) is 0 Å². The van der Waals surface area contributed by atoms with Crippen molar-refractivity contribution >= 4 is 66.0 Å². The average molecular weight is 552 g/mol. The third kappa shape index (κ3) is 3.83. The smallest absolute Gasteiger partial charge is 0.158 e. The summed E-state index contributed by atoms with van der Waals surface area (Å²) in [6.07, 6.45) is 0. The maximum atomic E-state index is 6.50. The van der Waals surface area contributed by atoms with E-state index in [1.54, 1.807) is 0 Å². The number of para-hydroxylation sites is 2. The van der Waals surface area contributed by atoms with Crippen LogP contribution in [0.25, 0.3) is 76.9 Å². The van der Waals surface area contributed by atoms with Crippen molar-refractivity contribution in [2.24, 2.45) is 0 Å². The monoisotopic (exact) mass is 551 g/mol. The topological polar surface area (TPSA) is 38.3 Å². The Hall–Kier alpha value is -5.80. The lowest BCUT2D eigenvalue weighted by molar-refractivity contribution is 0.670. The number of hydrogen-bond acceptors (Lipinski definition) is 3. The Balaban J connectivity index is 1.06. The molecule has 43 heavy (non-hydrogen) atoms. The molecule has 0 amide bonds. The first-order valence-electron chi connectivity index (χ1n) is 14.5. The quantitative estimate of drug-likeness (QED) is 0.236. The van der Waals surface area contributed by atoms with E-state index in [4.69, 9.17) is 8.83 Å². The number of benzene rings is 7. The van der Waals surface area contributed by atoms with Crippen LogP contribution in [0.15, 0.2) is 154 Å². The van der Waals surface area contributed by atoms with Crippen molar-refractivity contribution in [2.75, 3.05) is 5.32 Å². The third-order valence-electron chi connectivity index (χ3n) is 8.47. The van der Waals surface area contributed by atoms with Gasteiger partial charge in [-0.25, -0.2) is 0 Å². The lowest BCUT2D eigenvalue weighted by Gasteiger charge is -2.08. The predicted octanol–water partition coefficient (Wildman–Crippen LogP) is 11.7. The summed E-state index contributed by atoms with van der Waals surface area (Å²) >= 11 is 0. The number of furan rings is 2. The van der Waals surface area contributed by atoms with Gasteiger partial charge in [0.1, 0.15) is 16.7 Å². The number of anilines is 2. The summed E-state index contributed by atoms with van der Waals surface area (Å²) < 4.78 is 12.9. The minimum absolute atomic E-state index is 0.866. The molecule has 0 unspecified atom stereocenters. The van der Waals surface area contributed by atoms with Crippen LogP contribution in [0.5, 0.6) is 0 Å². The first kappa shape index (κ1) is 23.9. The van der Waals surface area contributed by atoms with E-state index in [0.717, 1.165) is 82.9 Å². The largest absolute Gasteiger partial charge is 0.455 e. The molecule has 1 N–H and O–H groups in total. The van der Waals surface area contributed by atoms with E-state index in [0.29, 0.717) is 0 Å². The van der Waals surface area contributed by atoms with E-state index in [9.17, 15) is 0 Å². The molecule has 2 aromatic heterocycles. The SMILES string of the molecule is c1ccc(-c2cccc3c2oc2ccc(-c4ccc(Nc5cccc6c5oc5c7ccccc7ccc65)cc4)cc23)cc1. The molecular formula is C40H25NO2. The van der Waals surface area contributed by atoms with Gasteiger partial charge in [0.15, 0.2) is 5.58 Å². The average Bonchev–Trinajstić information content (AvgIpc) is 3.65. The molecule has 0 aliphatic rings. The zero-order valence-corrected chi connectivity index (χ0v) is 23.2. The Morgan fingerprint density at radius 1 is 0.395 bits per heavy atom. The zero-order chi connectivity index (χ0) is 28.3. The molecule has 0 spiro atoms. The Morgan fingerprint density at radius 3 is 2.00 bits per heavy atom. The summed E-state index contributed by atoms with van der Waals surface area (Å²) in [6.45, 7) is 0. The van der Waals surface area contributed by atoms with Gasteiger partial charge < -0.3 is 14.2 Å². The van der Waals surface area contributed by atoms with Crippen LogP contribution in [0.2, 0.25) is 0 Å². The van der Waals surface area contributed by atoms with Crippen LogP contribution in [0, 0.1) is 0 Å². The third-order valence-corrected chi connectivity index (χ3v) is 8.47. The molecule has 0 atom stereocenters. The first-order chi connectivity index (χ1) is 21.3. The van der Waals surface area contributed by atoms with Gasteiger partial charge in [0, 0.05) is 38.2 Å². The molecule has 0 aliphatic carbocycles. The summed E-state index contributed by atoms with van der Waals surface area (Å²) in [5.41, 5.74) is 10.1. The van der Waals surface area contributed by atoms with Crippen LogP contribution >= 0.6 is 0 Å². The Bertz CT molecular complexity index is 2470. The van der Waals surface area contributed by atoms with Crippen molar-refractivity contribution in [1.29, 1.82) is 0 Å². The molecule has 2 heterocycles. The van der Waals surface area contributed by atoms with E-state index >= 15 is 0 Å². The van der Waals surface area contributed by atoms with Gasteiger partial charge in [0.2, 0.25) is 0 Å². The highest BCUT2D eigenvalue weighted by molar-refractivity contribution is 6.17. The molecule has 9 rings (SSSR count). The lowest BCUT2D eigenvalue weighted by atomic mass is 10.00. The van der Waals surface area contributed by atoms with E-state index in [-0.39, 0.29) is 0 Å². The lowest BCUT2D eigenvalue weighted by Crippen LogP contribution is -1.90. The summed E-state index contributed by atoms with van der Waals surface area (Å²) in [7, 11) is 0. The number of nitrogens with one attached hydrogen (secondary N) is 1. The van der Waals surface area contributed by atoms with E-state index < -0.39 is 0 Å². The fourth-order valence-electron chi connectivity index (χ4n) is 6.35. The molecule has 0 saturated heterocycles. The first-order valence-corrected chi connectivity index (χ1v) is 14.5. The van der Waals surface area contributed by atoms with E-state index in [1.807, 2.05) is 6.07 Å². The second-order valence-electron chi connectivity index (χ2n) is 11.0. The van der Waals surface area contributed by atoms with E-state index in [1.165, 1.54) is 5.39 Å². The van der Waals surface area contributed by atoms with Crippen molar-refractivity contribution in [3.05, 3.63) is 146 Å². The summed E-state index contributed by atoms with van der Waals surface area (Å²) in [5, 5.41) is 10.4. The van der Waals surface area contributed by atoms with Gasteiger partial charge in [0.05, 0.1) is 5.69 Å². The van der Waals surface area contributed by atoms with Crippen LogP contribution < -0.4 is 5.32 Å². The van der Waals surface area contributed by atoms with Crippen LogP contribution in [-0.4, -0.2) is 0 Å². The number of hydrogen-bond donors (Lipinski definition) is 1. The minimum atomic E-state index is 0.866. The Kier molecular flexibility index (Phi) is 5.20. The summed E-state index contributed by atoms with van der Waals surface area (Å²) in [5.74, 6) is 0. The van der Waals surface area contributed by atoms with Crippen molar-refractivity contribution in [2.45, 2.75) is 0 Å². The number of fused-ring (bicyclic) bond motifs is 8.